The van der Waals surface area contributed by atoms with Crippen LogP contribution in [0, 0.1) is 0 Å². The predicted octanol–water partition coefficient (Wildman–Crippen LogP) is -0.724. The van der Waals surface area contributed by atoms with Gasteiger partial charge < -0.3 is 20.3 Å². The number of ether oxygens (including phenoxy) is 2. The fraction of sp³-hybridized carbons (Fsp3) is 0.875. The molecular weight excluding hydrogens is 174 g/mol. The largest absolute Gasteiger partial charge is 0.461 e. The summed E-state index contributed by atoms with van der Waals surface area (Å²) in [5, 5.41) is 8.89. The van der Waals surface area contributed by atoms with Crippen LogP contribution in [-0.2, 0) is 14.3 Å². The first kappa shape index (κ1) is 12.3. The van der Waals surface area contributed by atoms with E-state index in [2.05, 4.69) is 4.74 Å². The maximum atomic E-state index is 10.8. The second-order valence-electron chi connectivity index (χ2n) is 2.53. The van der Waals surface area contributed by atoms with Crippen molar-refractivity contribution in [3.8, 4) is 0 Å². The lowest BCUT2D eigenvalue weighted by Crippen LogP contribution is -2.31. The first-order chi connectivity index (χ1) is 6.22. The highest BCUT2D eigenvalue weighted by Crippen LogP contribution is 1.87. The Balaban J connectivity index is 3.27. The van der Waals surface area contributed by atoms with Crippen molar-refractivity contribution in [2.24, 2.45) is 5.73 Å². The topological polar surface area (TPSA) is 81.8 Å². The Morgan fingerprint density at radius 1 is 1.46 bits per heavy atom. The lowest BCUT2D eigenvalue weighted by molar-refractivity contribution is -0.154. The van der Waals surface area contributed by atoms with Gasteiger partial charge in [0.25, 0.3) is 0 Å². The molecule has 0 aromatic rings. The van der Waals surface area contributed by atoms with Crippen molar-refractivity contribution in [3.63, 3.8) is 0 Å². The van der Waals surface area contributed by atoms with Crippen LogP contribution in [0.1, 0.15) is 13.3 Å². The van der Waals surface area contributed by atoms with Crippen LogP contribution in [0.4, 0.5) is 0 Å². The summed E-state index contributed by atoms with van der Waals surface area (Å²) in [5.74, 6) is -0.692. The Bertz CT molecular complexity index is 140. The molecule has 13 heavy (non-hydrogen) atoms. The number of hydrogen-bond donors (Lipinski definition) is 2. The number of aliphatic hydroxyl groups excluding tert-OH is 1. The number of carbonyl (C=O) groups excluding carboxylic acids is 1. The van der Waals surface area contributed by atoms with Gasteiger partial charge in [0.2, 0.25) is 0 Å². The Morgan fingerprint density at radius 3 is 2.69 bits per heavy atom. The summed E-state index contributed by atoms with van der Waals surface area (Å²) in [6, 6.07) is 0. The van der Waals surface area contributed by atoms with Gasteiger partial charge in [0.1, 0.15) is 6.61 Å². The van der Waals surface area contributed by atoms with Crippen molar-refractivity contribution >= 4 is 5.97 Å². The number of esters is 1. The molecule has 0 saturated heterocycles. The van der Waals surface area contributed by atoms with E-state index < -0.39 is 12.1 Å². The number of hydrogen-bond acceptors (Lipinski definition) is 5. The average Bonchev–Trinajstić information content (AvgIpc) is 2.16. The van der Waals surface area contributed by atoms with E-state index in [0.717, 1.165) is 6.42 Å². The maximum Gasteiger partial charge on any atom is 0.336 e. The highest BCUT2D eigenvalue weighted by molar-refractivity contribution is 5.74. The average molecular weight is 191 g/mol. The van der Waals surface area contributed by atoms with Gasteiger partial charge in [-0.2, -0.15) is 0 Å². The van der Waals surface area contributed by atoms with Crippen LogP contribution < -0.4 is 5.73 Å². The van der Waals surface area contributed by atoms with Crippen LogP contribution >= 0.6 is 0 Å². The molecule has 1 atom stereocenters. The van der Waals surface area contributed by atoms with Gasteiger partial charge in [-0.3, -0.25) is 0 Å². The first-order valence-corrected chi connectivity index (χ1v) is 4.34. The van der Waals surface area contributed by atoms with Gasteiger partial charge in [0, 0.05) is 13.2 Å². The summed E-state index contributed by atoms with van der Waals surface area (Å²) >= 11 is 0. The van der Waals surface area contributed by atoms with E-state index in [0.29, 0.717) is 13.2 Å². The van der Waals surface area contributed by atoms with Crippen LogP contribution in [0.3, 0.4) is 0 Å². The van der Waals surface area contributed by atoms with Crippen molar-refractivity contribution in [2.75, 3.05) is 26.4 Å². The van der Waals surface area contributed by atoms with E-state index in [1.54, 1.807) is 0 Å². The molecule has 0 rings (SSSR count). The van der Waals surface area contributed by atoms with E-state index in [9.17, 15) is 4.79 Å². The van der Waals surface area contributed by atoms with Crippen LogP contribution in [0.2, 0.25) is 0 Å². The summed E-state index contributed by atoms with van der Waals surface area (Å²) in [5.41, 5.74) is 5.04. The summed E-state index contributed by atoms with van der Waals surface area (Å²) in [7, 11) is 0. The molecule has 0 aliphatic carbocycles. The van der Waals surface area contributed by atoms with Gasteiger partial charge in [-0.1, -0.05) is 6.92 Å². The monoisotopic (exact) mass is 191 g/mol. The van der Waals surface area contributed by atoms with E-state index in [1.165, 1.54) is 0 Å². The molecule has 0 fully saturated rings. The SMILES string of the molecule is CCCOCCOC(=O)[C@@H](O)CN. The van der Waals surface area contributed by atoms with Crippen LogP contribution in [-0.4, -0.2) is 43.5 Å². The molecule has 3 N–H and O–H groups in total. The second kappa shape index (κ2) is 7.97. The second-order valence-corrected chi connectivity index (χ2v) is 2.53. The summed E-state index contributed by atoms with van der Waals surface area (Å²) in [6.07, 6.45) is -0.287. The third-order valence-electron chi connectivity index (χ3n) is 1.32. The van der Waals surface area contributed by atoms with Crippen molar-refractivity contribution in [1.29, 1.82) is 0 Å². The van der Waals surface area contributed by atoms with Crippen LogP contribution in [0.15, 0.2) is 0 Å². The zero-order chi connectivity index (χ0) is 10.1. The highest BCUT2D eigenvalue weighted by Gasteiger charge is 2.13. The van der Waals surface area contributed by atoms with Crippen molar-refractivity contribution < 1.29 is 19.4 Å². The van der Waals surface area contributed by atoms with Crippen LogP contribution in [0.25, 0.3) is 0 Å². The predicted molar refractivity (Wildman–Crippen MR) is 47.1 cm³/mol. The Morgan fingerprint density at radius 2 is 2.15 bits per heavy atom. The number of aliphatic hydroxyl groups is 1. The van der Waals surface area contributed by atoms with E-state index in [-0.39, 0.29) is 13.2 Å². The van der Waals surface area contributed by atoms with Crippen molar-refractivity contribution in [1.82, 2.24) is 0 Å². The normalized spacial score (nSPS) is 12.5. The van der Waals surface area contributed by atoms with Crippen molar-refractivity contribution in [3.05, 3.63) is 0 Å². The molecule has 0 heterocycles. The number of nitrogens with two attached hydrogens (primary N) is 1. The van der Waals surface area contributed by atoms with Gasteiger partial charge in [-0.25, -0.2) is 4.79 Å². The van der Waals surface area contributed by atoms with Gasteiger partial charge in [0.15, 0.2) is 6.10 Å². The first-order valence-electron chi connectivity index (χ1n) is 4.34. The fourth-order valence-electron chi connectivity index (χ4n) is 0.640. The standard InChI is InChI=1S/C8H17NO4/c1-2-3-12-4-5-13-8(11)7(10)6-9/h7,10H,2-6,9H2,1H3/t7-/m0/s1. The molecule has 0 spiro atoms. The Hall–Kier alpha value is -0.650. The van der Waals surface area contributed by atoms with Gasteiger partial charge in [-0.05, 0) is 6.42 Å². The smallest absolute Gasteiger partial charge is 0.336 e. The highest BCUT2D eigenvalue weighted by atomic mass is 16.6. The molecule has 0 bridgehead atoms. The fourth-order valence-corrected chi connectivity index (χ4v) is 0.640. The third kappa shape index (κ3) is 6.51. The maximum absolute atomic E-state index is 10.8. The minimum atomic E-state index is -1.22. The Labute approximate surface area is 77.8 Å². The zero-order valence-electron chi connectivity index (χ0n) is 7.86. The minimum absolute atomic E-state index is 0.116. The van der Waals surface area contributed by atoms with E-state index in [4.69, 9.17) is 15.6 Å². The molecule has 0 unspecified atom stereocenters. The number of rotatable bonds is 7. The summed E-state index contributed by atoms with van der Waals surface area (Å²) in [6.45, 7) is 3.04. The molecule has 78 valence electrons. The quantitative estimate of drug-likeness (QED) is 0.410. The molecular formula is C8H17NO4. The molecule has 0 aliphatic rings. The molecule has 0 radical (unpaired) electrons. The van der Waals surface area contributed by atoms with Gasteiger partial charge in [-0.15, -0.1) is 0 Å². The molecule has 5 nitrogen and oxygen atoms in total. The summed E-state index contributed by atoms with van der Waals surface area (Å²) < 4.78 is 9.70. The lowest BCUT2D eigenvalue weighted by Gasteiger charge is -2.08. The third-order valence-corrected chi connectivity index (χ3v) is 1.32. The molecule has 0 aliphatic heterocycles. The zero-order valence-corrected chi connectivity index (χ0v) is 7.86. The lowest BCUT2D eigenvalue weighted by atomic mass is 10.4. The Kier molecular flexibility index (Phi) is 7.57. The molecule has 0 aromatic heterocycles. The molecule has 0 aromatic carbocycles. The number of carbonyl (C=O) groups is 1. The summed E-state index contributed by atoms with van der Waals surface area (Å²) in [4.78, 5) is 10.8. The van der Waals surface area contributed by atoms with Crippen molar-refractivity contribution in [2.45, 2.75) is 19.4 Å². The van der Waals surface area contributed by atoms with Gasteiger partial charge >= 0.3 is 5.97 Å². The van der Waals surface area contributed by atoms with Gasteiger partial charge in [0.05, 0.1) is 6.61 Å². The van der Waals surface area contributed by atoms with E-state index >= 15 is 0 Å². The minimum Gasteiger partial charge on any atom is -0.461 e. The van der Waals surface area contributed by atoms with Crippen LogP contribution in [0.5, 0.6) is 0 Å². The molecule has 0 amide bonds. The molecule has 0 saturated carbocycles. The molecule has 5 heteroatoms. The van der Waals surface area contributed by atoms with E-state index in [1.807, 2.05) is 6.92 Å².